The summed E-state index contributed by atoms with van der Waals surface area (Å²) in [6, 6.07) is 5.51. The van der Waals surface area contributed by atoms with Crippen LogP contribution in [-0.4, -0.2) is 14.5 Å². The first-order valence-corrected chi connectivity index (χ1v) is 9.44. The third-order valence-corrected chi connectivity index (χ3v) is 6.67. The Kier molecular flexibility index (Phi) is 4.98. The molecule has 1 unspecified atom stereocenters. The van der Waals surface area contributed by atoms with Gasteiger partial charge in [-0.2, -0.15) is 0 Å². The van der Waals surface area contributed by atoms with Crippen molar-refractivity contribution >= 4 is 32.7 Å². The van der Waals surface area contributed by atoms with E-state index in [-0.39, 0.29) is 6.04 Å². The van der Waals surface area contributed by atoms with Gasteiger partial charge in [0.05, 0.1) is 4.90 Å². The number of nitrogens with two attached hydrogens (primary N) is 1. The van der Waals surface area contributed by atoms with Gasteiger partial charge in [0.2, 0.25) is 10.0 Å². The minimum Gasteiger partial charge on any atom is -0.326 e. The summed E-state index contributed by atoms with van der Waals surface area (Å²) >= 11 is 3.07. The summed E-state index contributed by atoms with van der Waals surface area (Å²) in [4.78, 5) is 3.18. The smallest absolute Gasteiger partial charge is 0.241 e. The Balaban J connectivity index is 2.12. The molecule has 3 N–H and O–H groups in total. The highest BCUT2D eigenvalue weighted by Crippen LogP contribution is 2.25. The van der Waals surface area contributed by atoms with Gasteiger partial charge in [0.15, 0.2) is 0 Å². The van der Waals surface area contributed by atoms with Gasteiger partial charge in [-0.1, -0.05) is 6.07 Å². The molecule has 2 rings (SSSR count). The van der Waals surface area contributed by atoms with Crippen molar-refractivity contribution in [2.24, 2.45) is 5.73 Å². The molecule has 0 aliphatic carbocycles. The molecule has 2 aromatic heterocycles. The van der Waals surface area contributed by atoms with Crippen LogP contribution in [0, 0.1) is 6.92 Å². The monoisotopic (exact) mass is 330 g/mol. The predicted octanol–water partition coefficient (Wildman–Crippen LogP) is 2.49. The Bertz CT molecular complexity index is 660. The number of aryl methyl sites for hydroxylation is 1. The molecule has 0 spiro atoms. The third kappa shape index (κ3) is 3.67. The molecule has 0 fully saturated rings. The third-order valence-electron chi connectivity index (χ3n) is 2.86. The molecule has 0 saturated carbocycles. The lowest BCUT2D eigenvalue weighted by molar-refractivity contribution is 0.560. The van der Waals surface area contributed by atoms with E-state index < -0.39 is 10.0 Å². The van der Waals surface area contributed by atoms with Crippen molar-refractivity contribution < 1.29 is 8.42 Å². The lowest BCUT2D eigenvalue weighted by Gasteiger charge is -2.13. The van der Waals surface area contributed by atoms with Crippen LogP contribution >= 0.6 is 22.7 Å². The van der Waals surface area contributed by atoms with Gasteiger partial charge < -0.3 is 5.73 Å². The lowest BCUT2D eigenvalue weighted by atomic mass is 10.2. The van der Waals surface area contributed by atoms with Crippen molar-refractivity contribution in [3.05, 3.63) is 38.2 Å². The largest absolute Gasteiger partial charge is 0.326 e. The van der Waals surface area contributed by atoms with Crippen molar-refractivity contribution in [1.82, 2.24) is 4.72 Å². The van der Waals surface area contributed by atoms with Crippen LogP contribution in [0.3, 0.4) is 0 Å². The fraction of sp³-hybridized carbons (Fsp3) is 0.385. The molecular weight excluding hydrogens is 312 g/mol. The van der Waals surface area contributed by atoms with Crippen LogP contribution in [0.5, 0.6) is 0 Å². The maximum Gasteiger partial charge on any atom is 0.241 e. The molecule has 0 aliphatic rings. The van der Waals surface area contributed by atoms with Crippen LogP contribution in [-0.2, 0) is 23.0 Å². The SMILES string of the molecule is Cc1sc(CN)cc1S(=O)(=O)NC(C)Cc1cccs1. The summed E-state index contributed by atoms with van der Waals surface area (Å²) < 4.78 is 27.5. The average molecular weight is 330 g/mol. The van der Waals surface area contributed by atoms with E-state index in [1.54, 1.807) is 17.4 Å². The number of thiophene rings is 2. The molecule has 110 valence electrons. The van der Waals surface area contributed by atoms with E-state index in [2.05, 4.69) is 4.72 Å². The first-order valence-electron chi connectivity index (χ1n) is 6.26. The fourth-order valence-corrected chi connectivity index (χ4v) is 5.58. The van der Waals surface area contributed by atoms with E-state index in [0.29, 0.717) is 17.9 Å². The molecule has 2 aromatic rings. The second-order valence-electron chi connectivity index (χ2n) is 4.64. The van der Waals surface area contributed by atoms with Crippen molar-refractivity contribution in [2.45, 2.75) is 37.8 Å². The van der Waals surface area contributed by atoms with Crippen LogP contribution in [0.15, 0.2) is 28.5 Å². The summed E-state index contributed by atoms with van der Waals surface area (Å²) in [5.41, 5.74) is 5.56. The molecule has 20 heavy (non-hydrogen) atoms. The fourth-order valence-electron chi connectivity index (χ4n) is 1.99. The topological polar surface area (TPSA) is 72.2 Å². The summed E-state index contributed by atoms with van der Waals surface area (Å²) in [5, 5.41) is 1.99. The minimum absolute atomic E-state index is 0.140. The summed E-state index contributed by atoms with van der Waals surface area (Å²) in [6.45, 7) is 4.05. The lowest BCUT2D eigenvalue weighted by Crippen LogP contribution is -2.34. The van der Waals surface area contributed by atoms with E-state index >= 15 is 0 Å². The molecule has 0 aromatic carbocycles. The van der Waals surface area contributed by atoms with Gasteiger partial charge in [-0.05, 0) is 37.8 Å². The van der Waals surface area contributed by atoms with Gasteiger partial charge in [-0.25, -0.2) is 13.1 Å². The molecule has 0 radical (unpaired) electrons. The summed E-state index contributed by atoms with van der Waals surface area (Å²) in [6.07, 6.45) is 0.698. The van der Waals surface area contributed by atoms with E-state index in [4.69, 9.17) is 5.73 Å². The number of sulfonamides is 1. The summed E-state index contributed by atoms with van der Waals surface area (Å²) in [7, 11) is -3.47. The highest BCUT2D eigenvalue weighted by Gasteiger charge is 2.22. The molecule has 4 nitrogen and oxygen atoms in total. The molecule has 0 aliphatic heterocycles. The minimum atomic E-state index is -3.47. The Morgan fingerprint density at radius 1 is 1.40 bits per heavy atom. The highest BCUT2D eigenvalue weighted by atomic mass is 32.2. The van der Waals surface area contributed by atoms with Gasteiger partial charge in [0.1, 0.15) is 0 Å². The predicted molar refractivity (Wildman–Crippen MR) is 84.8 cm³/mol. The molecule has 1 atom stereocenters. The van der Waals surface area contributed by atoms with Crippen LogP contribution in [0.25, 0.3) is 0 Å². The van der Waals surface area contributed by atoms with Gasteiger partial charge in [-0.3, -0.25) is 0 Å². The standard InChI is InChI=1S/C13H18N2O2S3/c1-9(6-11-4-3-5-18-11)15-20(16,17)13-7-12(8-14)19-10(13)2/h3-5,7,9,15H,6,8,14H2,1-2H3. The van der Waals surface area contributed by atoms with Crippen LogP contribution in [0.1, 0.15) is 21.6 Å². The van der Waals surface area contributed by atoms with Crippen molar-refractivity contribution in [3.63, 3.8) is 0 Å². The average Bonchev–Trinajstić information content (AvgIpc) is 2.97. The molecule has 0 bridgehead atoms. The van der Waals surface area contributed by atoms with E-state index in [1.807, 2.05) is 31.4 Å². The van der Waals surface area contributed by atoms with Crippen molar-refractivity contribution in [1.29, 1.82) is 0 Å². The van der Waals surface area contributed by atoms with Crippen LogP contribution in [0.2, 0.25) is 0 Å². The number of hydrogen-bond donors (Lipinski definition) is 2. The van der Waals surface area contributed by atoms with Gasteiger partial charge >= 0.3 is 0 Å². The normalized spacial score (nSPS) is 13.6. The maximum atomic E-state index is 12.4. The van der Waals surface area contributed by atoms with E-state index in [1.165, 1.54) is 16.2 Å². The molecule has 0 amide bonds. The first-order chi connectivity index (χ1) is 9.42. The Hall–Kier alpha value is -0.730. The highest BCUT2D eigenvalue weighted by molar-refractivity contribution is 7.89. The van der Waals surface area contributed by atoms with Gasteiger partial charge in [0, 0.05) is 27.2 Å². The zero-order chi connectivity index (χ0) is 14.8. The first kappa shape index (κ1) is 15.7. The number of hydrogen-bond acceptors (Lipinski definition) is 5. The molecule has 2 heterocycles. The molecular formula is C13H18N2O2S3. The Morgan fingerprint density at radius 2 is 2.15 bits per heavy atom. The zero-order valence-corrected chi connectivity index (χ0v) is 13.9. The number of nitrogens with one attached hydrogen (secondary N) is 1. The number of rotatable bonds is 6. The Labute approximate surface area is 127 Å². The van der Waals surface area contributed by atoms with Crippen molar-refractivity contribution in [3.8, 4) is 0 Å². The van der Waals surface area contributed by atoms with Gasteiger partial charge in [-0.15, -0.1) is 22.7 Å². The second kappa shape index (κ2) is 6.36. The van der Waals surface area contributed by atoms with Crippen molar-refractivity contribution in [2.75, 3.05) is 0 Å². The Morgan fingerprint density at radius 3 is 2.70 bits per heavy atom. The summed E-state index contributed by atoms with van der Waals surface area (Å²) in [5.74, 6) is 0. The molecule has 0 saturated heterocycles. The van der Waals surface area contributed by atoms with Gasteiger partial charge in [0.25, 0.3) is 0 Å². The van der Waals surface area contributed by atoms with E-state index in [9.17, 15) is 8.42 Å². The van der Waals surface area contributed by atoms with Crippen LogP contribution in [0.4, 0.5) is 0 Å². The quantitative estimate of drug-likeness (QED) is 0.855. The van der Waals surface area contributed by atoms with E-state index in [0.717, 1.165) is 9.75 Å². The van der Waals surface area contributed by atoms with Crippen LogP contribution < -0.4 is 10.5 Å². The second-order valence-corrected chi connectivity index (χ2v) is 8.70. The maximum absolute atomic E-state index is 12.4. The zero-order valence-electron chi connectivity index (χ0n) is 11.4. The molecule has 7 heteroatoms.